The number of ketones is 1. The Bertz CT molecular complexity index is 727. The van der Waals surface area contributed by atoms with E-state index in [1.807, 2.05) is 12.1 Å². The van der Waals surface area contributed by atoms with Gasteiger partial charge in [-0.1, -0.05) is 36.8 Å². The number of Topliss-reactive ketones (excluding diaryl/α,β-unsaturated/α-hetero) is 1. The van der Waals surface area contributed by atoms with Gasteiger partial charge in [0.15, 0.2) is 5.78 Å². The van der Waals surface area contributed by atoms with E-state index in [0.29, 0.717) is 28.1 Å². The van der Waals surface area contributed by atoms with Crippen molar-refractivity contribution in [2.24, 2.45) is 16.8 Å². The second-order valence-electron chi connectivity index (χ2n) is 5.65. The maximum Gasteiger partial charge on any atom is 0.279 e. The largest absolute Gasteiger partial charge is 0.434 e. The summed E-state index contributed by atoms with van der Waals surface area (Å²) in [5.41, 5.74) is 0.773. The standard InChI is InChI=1S/C16H16ClNO2S/c1-9(2)10-7-13(19)15-14(8-10)20-16(21-15)18-12-5-3-11(17)4-6-12/h3-6,9-10H,7-8H2,1-2H3. The first-order chi connectivity index (χ1) is 10.0. The molecule has 1 aliphatic carbocycles. The molecule has 0 amide bonds. The summed E-state index contributed by atoms with van der Waals surface area (Å²) in [6.07, 6.45) is 1.44. The van der Waals surface area contributed by atoms with Crippen LogP contribution in [0.5, 0.6) is 0 Å². The molecule has 3 rings (SSSR count). The van der Waals surface area contributed by atoms with Crippen LogP contribution in [0.1, 0.15) is 35.7 Å². The Morgan fingerprint density at radius 3 is 2.67 bits per heavy atom. The molecule has 110 valence electrons. The first-order valence-corrected chi connectivity index (χ1v) is 8.18. The van der Waals surface area contributed by atoms with Gasteiger partial charge in [0.25, 0.3) is 4.87 Å². The zero-order chi connectivity index (χ0) is 15.0. The number of benzene rings is 1. The van der Waals surface area contributed by atoms with E-state index in [4.69, 9.17) is 16.0 Å². The molecule has 0 N–H and O–H groups in total. The molecule has 5 heteroatoms. The van der Waals surface area contributed by atoms with Gasteiger partial charge in [-0.2, -0.15) is 0 Å². The van der Waals surface area contributed by atoms with Gasteiger partial charge >= 0.3 is 0 Å². The predicted molar refractivity (Wildman–Crippen MR) is 84.2 cm³/mol. The lowest BCUT2D eigenvalue weighted by Crippen LogP contribution is -2.22. The van der Waals surface area contributed by atoms with E-state index in [1.54, 1.807) is 12.1 Å². The van der Waals surface area contributed by atoms with Crippen LogP contribution in [0.15, 0.2) is 33.7 Å². The fraction of sp³-hybridized carbons (Fsp3) is 0.375. The summed E-state index contributed by atoms with van der Waals surface area (Å²) in [4.78, 5) is 17.9. The van der Waals surface area contributed by atoms with Crippen molar-refractivity contribution in [3.8, 4) is 0 Å². The average molecular weight is 322 g/mol. The molecule has 0 saturated heterocycles. The number of rotatable bonds is 2. The molecule has 1 unspecified atom stereocenters. The van der Waals surface area contributed by atoms with Crippen molar-refractivity contribution < 1.29 is 9.21 Å². The second kappa shape index (κ2) is 5.78. The summed E-state index contributed by atoms with van der Waals surface area (Å²) in [7, 11) is 0. The lowest BCUT2D eigenvalue weighted by molar-refractivity contribution is 0.0930. The Labute approximate surface area is 132 Å². The summed E-state index contributed by atoms with van der Waals surface area (Å²) in [5.74, 6) is 1.82. The van der Waals surface area contributed by atoms with E-state index in [1.165, 1.54) is 11.3 Å². The molecule has 1 aliphatic rings. The molecule has 1 aromatic carbocycles. The summed E-state index contributed by atoms with van der Waals surface area (Å²) < 4.78 is 5.79. The highest BCUT2D eigenvalue weighted by Gasteiger charge is 2.30. The number of hydrogen-bond donors (Lipinski definition) is 0. The Morgan fingerprint density at radius 1 is 1.29 bits per heavy atom. The van der Waals surface area contributed by atoms with Crippen molar-refractivity contribution in [1.82, 2.24) is 0 Å². The van der Waals surface area contributed by atoms with Crippen LogP contribution in [0.3, 0.4) is 0 Å². The Kier molecular flexibility index (Phi) is 4.00. The van der Waals surface area contributed by atoms with Crippen molar-refractivity contribution in [2.45, 2.75) is 26.7 Å². The molecule has 1 heterocycles. The van der Waals surface area contributed by atoms with Crippen LogP contribution in [0.4, 0.5) is 5.69 Å². The molecule has 0 spiro atoms. The number of carbonyl (C=O) groups is 1. The van der Waals surface area contributed by atoms with Crippen LogP contribution in [0.25, 0.3) is 0 Å². The van der Waals surface area contributed by atoms with Gasteiger partial charge in [0.05, 0.1) is 5.69 Å². The third-order valence-electron chi connectivity index (χ3n) is 3.79. The Balaban J connectivity index is 1.95. The quantitative estimate of drug-likeness (QED) is 0.809. The van der Waals surface area contributed by atoms with Crippen LogP contribution in [-0.2, 0) is 6.42 Å². The number of halogens is 1. The van der Waals surface area contributed by atoms with Gasteiger partial charge < -0.3 is 4.42 Å². The maximum atomic E-state index is 12.2. The van der Waals surface area contributed by atoms with E-state index in [-0.39, 0.29) is 5.78 Å². The number of nitrogens with zero attached hydrogens (tertiary/aromatic N) is 1. The van der Waals surface area contributed by atoms with Gasteiger partial charge in [-0.15, -0.1) is 0 Å². The van der Waals surface area contributed by atoms with E-state index in [2.05, 4.69) is 18.8 Å². The zero-order valence-corrected chi connectivity index (χ0v) is 13.5. The molecule has 0 bridgehead atoms. The summed E-state index contributed by atoms with van der Waals surface area (Å²) in [6, 6.07) is 7.23. The molecule has 1 aromatic heterocycles. The van der Waals surface area contributed by atoms with E-state index < -0.39 is 0 Å². The Hall–Kier alpha value is -1.39. The van der Waals surface area contributed by atoms with Crippen LogP contribution >= 0.6 is 22.9 Å². The fourth-order valence-electron chi connectivity index (χ4n) is 2.44. The number of carbonyl (C=O) groups excluding carboxylic acids is 1. The topological polar surface area (TPSA) is 42.6 Å². The molecule has 0 fully saturated rings. The first kappa shape index (κ1) is 14.5. The lowest BCUT2D eigenvalue weighted by Gasteiger charge is -2.22. The predicted octanol–water partition coefficient (Wildman–Crippen LogP) is 4.63. The third-order valence-corrected chi connectivity index (χ3v) is 5.05. The molecular weight excluding hydrogens is 306 g/mol. The highest BCUT2D eigenvalue weighted by molar-refractivity contribution is 7.11. The van der Waals surface area contributed by atoms with Gasteiger partial charge in [0.2, 0.25) is 0 Å². The van der Waals surface area contributed by atoms with E-state index >= 15 is 0 Å². The minimum absolute atomic E-state index is 0.182. The third kappa shape index (κ3) is 3.11. The van der Waals surface area contributed by atoms with Crippen molar-refractivity contribution >= 4 is 34.4 Å². The monoisotopic (exact) mass is 321 g/mol. The van der Waals surface area contributed by atoms with Gasteiger partial charge in [0.1, 0.15) is 10.6 Å². The maximum absolute atomic E-state index is 12.2. The highest BCUT2D eigenvalue weighted by Crippen LogP contribution is 2.31. The molecule has 1 atom stereocenters. The van der Waals surface area contributed by atoms with Gasteiger partial charge in [-0.3, -0.25) is 4.79 Å². The normalized spacial score (nSPS) is 19.1. The molecule has 0 saturated carbocycles. The highest BCUT2D eigenvalue weighted by atomic mass is 35.5. The van der Waals surface area contributed by atoms with Crippen LogP contribution in [0.2, 0.25) is 5.02 Å². The molecular formula is C16H16ClNO2S. The van der Waals surface area contributed by atoms with Crippen LogP contribution in [0, 0.1) is 11.8 Å². The molecule has 3 nitrogen and oxygen atoms in total. The van der Waals surface area contributed by atoms with Crippen molar-refractivity contribution in [2.75, 3.05) is 0 Å². The van der Waals surface area contributed by atoms with Crippen LogP contribution < -0.4 is 4.87 Å². The number of hydrogen-bond acceptors (Lipinski definition) is 4. The van der Waals surface area contributed by atoms with Crippen LogP contribution in [-0.4, -0.2) is 5.78 Å². The van der Waals surface area contributed by atoms with E-state index in [9.17, 15) is 4.79 Å². The lowest BCUT2D eigenvalue weighted by atomic mass is 9.83. The minimum Gasteiger partial charge on any atom is -0.434 e. The summed E-state index contributed by atoms with van der Waals surface area (Å²) in [6.45, 7) is 4.29. The molecule has 2 aromatic rings. The molecule has 0 aliphatic heterocycles. The summed E-state index contributed by atoms with van der Waals surface area (Å²) >= 11 is 7.20. The van der Waals surface area contributed by atoms with Crippen molar-refractivity contribution in [3.05, 3.63) is 44.8 Å². The Morgan fingerprint density at radius 2 is 2.00 bits per heavy atom. The summed E-state index contributed by atoms with van der Waals surface area (Å²) in [5, 5.41) is 0.673. The fourth-order valence-corrected chi connectivity index (χ4v) is 3.47. The molecule has 0 radical (unpaired) electrons. The van der Waals surface area contributed by atoms with E-state index in [0.717, 1.165) is 22.7 Å². The van der Waals surface area contributed by atoms with Crippen molar-refractivity contribution in [1.29, 1.82) is 0 Å². The molecule has 21 heavy (non-hydrogen) atoms. The average Bonchev–Trinajstić information content (AvgIpc) is 2.84. The zero-order valence-electron chi connectivity index (χ0n) is 11.9. The smallest absolute Gasteiger partial charge is 0.279 e. The first-order valence-electron chi connectivity index (χ1n) is 6.99. The number of fused-ring (bicyclic) bond motifs is 1. The van der Waals surface area contributed by atoms with Gasteiger partial charge in [0, 0.05) is 17.9 Å². The SMILES string of the molecule is CC(C)C1CC(=O)c2sc(=Nc3ccc(Cl)cc3)oc2C1. The van der Waals surface area contributed by atoms with Gasteiger partial charge in [-0.25, -0.2) is 4.99 Å². The van der Waals surface area contributed by atoms with Crippen molar-refractivity contribution in [3.63, 3.8) is 0 Å². The van der Waals surface area contributed by atoms with Gasteiger partial charge in [-0.05, 0) is 36.1 Å². The second-order valence-corrected chi connectivity index (χ2v) is 7.04. The minimum atomic E-state index is 0.182.